The number of morpholine rings is 2. The average molecular weight is 405 g/mol. The second-order valence-corrected chi connectivity index (χ2v) is 7.11. The molecule has 0 unspecified atom stereocenters. The number of ether oxygens (including phenoxy) is 2. The average Bonchev–Trinajstić information content (AvgIpc) is 2.74. The Labute approximate surface area is 168 Å². The molecule has 0 bridgehead atoms. The minimum Gasteiger partial charge on any atom is -0.397 e. The standard InChI is InChI=1S/C20H25F2N5O2/c21-13-9-17(15(23)11-19(13)26-1-5-28-6-2-26)25-18-10-14(22)20(12-16(18)24)27-3-7-29-8-4-27/h9-12,25H,1-8,23-24H2. The maximum atomic E-state index is 14.7. The lowest BCUT2D eigenvalue weighted by atomic mass is 10.1. The Kier molecular flexibility index (Phi) is 5.59. The quantitative estimate of drug-likeness (QED) is 0.674. The van der Waals surface area contributed by atoms with Gasteiger partial charge in [0, 0.05) is 38.3 Å². The summed E-state index contributed by atoms with van der Waals surface area (Å²) in [5, 5.41) is 2.97. The number of halogens is 2. The third kappa shape index (κ3) is 4.15. The van der Waals surface area contributed by atoms with Crippen LogP contribution >= 0.6 is 0 Å². The number of rotatable bonds is 4. The first-order valence-corrected chi connectivity index (χ1v) is 9.63. The summed E-state index contributed by atoms with van der Waals surface area (Å²) in [6.45, 7) is 4.59. The highest BCUT2D eigenvalue weighted by molar-refractivity contribution is 5.82. The van der Waals surface area contributed by atoms with Crippen LogP contribution in [0.25, 0.3) is 0 Å². The molecule has 5 N–H and O–H groups in total. The number of benzene rings is 2. The molecule has 2 aromatic carbocycles. The van der Waals surface area contributed by atoms with Crippen LogP contribution in [0.15, 0.2) is 24.3 Å². The van der Waals surface area contributed by atoms with Gasteiger partial charge in [-0.25, -0.2) is 8.78 Å². The fourth-order valence-corrected chi connectivity index (χ4v) is 3.61. The Morgan fingerprint density at radius 3 is 1.45 bits per heavy atom. The summed E-state index contributed by atoms with van der Waals surface area (Å²) in [5.74, 6) is -0.819. The molecule has 0 atom stereocenters. The smallest absolute Gasteiger partial charge is 0.148 e. The van der Waals surface area contributed by atoms with E-state index in [4.69, 9.17) is 20.9 Å². The lowest BCUT2D eigenvalue weighted by Gasteiger charge is -2.30. The molecule has 29 heavy (non-hydrogen) atoms. The van der Waals surface area contributed by atoms with Crippen LogP contribution < -0.4 is 26.6 Å². The number of nitrogens with two attached hydrogens (primary N) is 2. The van der Waals surface area contributed by atoms with E-state index in [2.05, 4.69) is 5.32 Å². The highest BCUT2D eigenvalue weighted by Gasteiger charge is 2.20. The van der Waals surface area contributed by atoms with Gasteiger partial charge in [-0.15, -0.1) is 0 Å². The van der Waals surface area contributed by atoms with Crippen LogP contribution in [0, 0.1) is 11.6 Å². The highest BCUT2D eigenvalue weighted by Crippen LogP contribution is 2.35. The molecule has 0 amide bonds. The predicted octanol–water partition coefficient (Wildman–Crippen LogP) is 2.55. The molecule has 0 aromatic heterocycles. The van der Waals surface area contributed by atoms with E-state index in [1.807, 2.05) is 9.80 Å². The van der Waals surface area contributed by atoms with Crippen molar-refractivity contribution in [3.8, 4) is 0 Å². The zero-order valence-electron chi connectivity index (χ0n) is 16.1. The van der Waals surface area contributed by atoms with Crippen LogP contribution in [0.1, 0.15) is 0 Å². The van der Waals surface area contributed by atoms with Gasteiger partial charge in [0.1, 0.15) is 11.6 Å². The Morgan fingerprint density at radius 1 is 0.690 bits per heavy atom. The minimum absolute atomic E-state index is 0.338. The van der Waals surface area contributed by atoms with E-state index in [0.29, 0.717) is 86.7 Å². The summed E-state index contributed by atoms with van der Waals surface area (Å²) in [6.07, 6.45) is 0. The molecule has 4 rings (SSSR count). The molecule has 2 fully saturated rings. The Hall–Kier alpha value is -2.78. The number of nitrogens with zero attached hydrogens (tertiary/aromatic N) is 2. The molecule has 0 spiro atoms. The largest absolute Gasteiger partial charge is 0.397 e. The first kappa shape index (κ1) is 19.5. The number of hydrogen-bond donors (Lipinski definition) is 3. The molecule has 0 radical (unpaired) electrons. The summed E-state index contributed by atoms with van der Waals surface area (Å²) < 4.78 is 40.0. The Balaban J connectivity index is 1.57. The van der Waals surface area contributed by atoms with Crippen LogP contribution in [0.3, 0.4) is 0 Å². The van der Waals surface area contributed by atoms with Crippen molar-refractivity contribution in [2.75, 3.05) is 79.2 Å². The fraction of sp³-hybridized carbons (Fsp3) is 0.400. The van der Waals surface area contributed by atoms with Crippen molar-refractivity contribution in [1.82, 2.24) is 0 Å². The Morgan fingerprint density at radius 2 is 1.07 bits per heavy atom. The molecule has 2 aromatic rings. The summed E-state index contributed by atoms with van der Waals surface area (Å²) >= 11 is 0. The molecular formula is C20H25F2N5O2. The van der Waals surface area contributed by atoms with Gasteiger partial charge in [-0.3, -0.25) is 0 Å². The summed E-state index contributed by atoms with van der Waals surface area (Å²) in [6, 6.07) is 5.79. The van der Waals surface area contributed by atoms with Gasteiger partial charge in [-0.1, -0.05) is 0 Å². The maximum absolute atomic E-state index is 14.7. The normalized spacial score (nSPS) is 17.4. The summed E-state index contributed by atoms with van der Waals surface area (Å²) in [7, 11) is 0. The van der Waals surface area contributed by atoms with Gasteiger partial charge < -0.3 is 36.1 Å². The molecule has 2 aliphatic rings. The number of hydrogen-bond acceptors (Lipinski definition) is 7. The number of nitrogens with one attached hydrogen (secondary N) is 1. The van der Waals surface area contributed by atoms with Crippen LogP contribution in [0.4, 0.5) is 42.9 Å². The van der Waals surface area contributed by atoms with E-state index in [9.17, 15) is 8.78 Å². The molecule has 9 heteroatoms. The lowest BCUT2D eigenvalue weighted by Crippen LogP contribution is -2.36. The monoisotopic (exact) mass is 405 g/mol. The second-order valence-electron chi connectivity index (χ2n) is 7.11. The minimum atomic E-state index is -0.410. The van der Waals surface area contributed by atoms with Crippen molar-refractivity contribution in [3.05, 3.63) is 35.9 Å². The maximum Gasteiger partial charge on any atom is 0.148 e. The van der Waals surface area contributed by atoms with Crippen molar-refractivity contribution in [2.45, 2.75) is 0 Å². The Bertz CT molecular complexity index is 812. The van der Waals surface area contributed by atoms with E-state index >= 15 is 0 Å². The summed E-state index contributed by atoms with van der Waals surface area (Å²) in [5.41, 5.74) is 14.5. The van der Waals surface area contributed by atoms with Gasteiger partial charge in [0.15, 0.2) is 0 Å². The predicted molar refractivity (Wildman–Crippen MR) is 111 cm³/mol. The molecule has 2 heterocycles. The molecule has 0 aliphatic carbocycles. The van der Waals surface area contributed by atoms with E-state index in [1.165, 1.54) is 12.1 Å². The van der Waals surface area contributed by atoms with E-state index in [1.54, 1.807) is 12.1 Å². The number of nitrogen functional groups attached to an aromatic ring is 2. The molecule has 2 saturated heterocycles. The van der Waals surface area contributed by atoms with Crippen molar-refractivity contribution in [1.29, 1.82) is 0 Å². The third-order valence-electron chi connectivity index (χ3n) is 5.21. The molecule has 2 aliphatic heterocycles. The zero-order chi connectivity index (χ0) is 20.4. The van der Waals surface area contributed by atoms with Gasteiger partial charge in [0.2, 0.25) is 0 Å². The van der Waals surface area contributed by atoms with Crippen molar-refractivity contribution >= 4 is 34.1 Å². The fourth-order valence-electron chi connectivity index (χ4n) is 3.61. The molecule has 0 saturated carbocycles. The van der Waals surface area contributed by atoms with Crippen LogP contribution in [0.2, 0.25) is 0 Å². The summed E-state index contributed by atoms with van der Waals surface area (Å²) in [4.78, 5) is 3.79. The number of anilines is 6. The topological polar surface area (TPSA) is 89.0 Å². The van der Waals surface area contributed by atoms with Crippen LogP contribution in [-0.2, 0) is 9.47 Å². The van der Waals surface area contributed by atoms with Gasteiger partial charge in [-0.2, -0.15) is 0 Å². The van der Waals surface area contributed by atoms with Gasteiger partial charge in [0.25, 0.3) is 0 Å². The van der Waals surface area contributed by atoms with Crippen molar-refractivity contribution in [3.63, 3.8) is 0 Å². The van der Waals surface area contributed by atoms with Gasteiger partial charge >= 0.3 is 0 Å². The SMILES string of the molecule is Nc1cc(N2CCOCC2)c(F)cc1Nc1cc(F)c(N2CCOCC2)cc1N. The molecule has 7 nitrogen and oxygen atoms in total. The van der Waals surface area contributed by atoms with Gasteiger partial charge in [0.05, 0.1) is 60.6 Å². The first-order chi connectivity index (χ1) is 14.0. The van der Waals surface area contributed by atoms with Crippen molar-refractivity contribution < 1.29 is 18.3 Å². The van der Waals surface area contributed by atoms with Gasteiger partial charge in [-0.05, 0) is 12.1 Å². The molecular weight excluding hydrogens is 380 g/mol. The molecule has 156 valence electrons. The van der Waals surface area contributed by atoms with E-state index in [0.717, 1.165) is 0 Å². The van der Waals surface area contributed by atoms with Crippen LogP contribution in [0.5, 0.6) is 0 Å². The zero-order valence-corrected chi connectivity index (χ0v) is 16.1. The highest BCUT2D eigenvalue weighted by atomic mass is 19.1. The van der Waals surface area contributed by atoms with Crippen LogP contribution in [-0.4, -0.2) is 52.6 Å². The first-order valence-electron chi connectivity index (χ1n) is 9.63. The van der Waals surface area contributed by atoms with E-state index < -0.39 is 11.6 Å². The third-order valence-corrected chi connectivity index (χ3v) is 5.21. The van der Waals surface area contributed by atoms with E-state index in [-0.39, 0.29) is 0 Å². The van der Waals surface area contributed by atoms with Crippen molar-refractivity contribution in [2.24, 2.45) is 0 Å². The lowest BCUT2D eigenvalue weighted by molar-refractivity contribution is 0.122. The second kappa shape index (κ2) is 8.30.